The highest BCUT2D eigenvalue weighted by Crippen LogP contribution is 2.35. The van der Waals surface area contributed by atoms with Gasteiger partial charge in [0.15, 0.2) is 0 Å². The molecule has 3 N–H and O–H groups in total. The Morgan fingerprint density at radius 3 is 2.21 bits per heavy atom. The van der Waals surface area contributed by atoms with E-state index in [1.165, 1.54) is 0 Å². The minimum Gasteiger partial charge on any atom is -0.481 e. The Morgan fingerprint density at radius 2 is 1.71 bits per heavy atom. The van der Waals surface area contributed by atoms with Gasteiger partial charge in [-0.2, -0.15) is 0 Å². The molecule has 0 spiro atoms. The summed E-state index contributed by atoms with van der Waals surface area (Å²) in [4.78, 5) is 35.4. The molecular weight excluding hydrogens is 308 g/mol. The summed E-state index contributed by atoms with van der Waals surface area (Å²) in [6.45, 7) is 7.31. The second kappa shape index (κ2) is 6.63. The number of benzene rings is 1. The molecule has 0 bridgehead atoms. The third-order valence-corrected chi connectivity index (χ3v) is 4.36. The maximum Gasteiger partial charge on any atom is 0.307 e. The first-order valence-electron chi connectivity index (χ1n) is 8.05. The fourth-order valence-corrected chi connectivity index (χ4v) is 2.49. The maximum atomic E-state index is 12.3. The topological polar surface area (TPSA) is 95.5 Å². The van der Waals surface area contributed by atoms with Crippen LogP contribution in [0.3, 0.4) is 0 Å². The van der Waals surface area contributed by atoms with E-state index >= 15 is 0 Å². The summed E-state index contributed by atoms with van der Waals surface area (Å²) in [6.07, 6.45) is 1.12. The highest BCUT2D eigenvalue weighted by atomic mass is 16.4. The Morgan fingerprint density at radius 1 is 1.08 bits per heavy atom. The molecule has 1 aromatic carbocycles. The van der Waals surface area contributed by atoms with Crippen molar-refractivity contribution in [1.82, 2.24) is 0 Å². The Hall–Kier alpha value is -2.37. The fraction of sp³-hybridized carbons (Fsp3) is 0.500. The number of aryl methyl sites for hydroxylation is 1. The molecule has 2 unspecified atom stereocenters. The second-order valence-corrected chi connectivity index (χ2v) is 7.35. The third-order valence-electron chi connectivity index (χ3n) is 4.36. The number of carboxylic acids is 1. The monoisotopic (exact) mass is 332 g/mol. The van der Waals surface area contributed by atoms with Crippen LogP contribution in [0.2, 0.25) is 0 Å². The number of anilines is 2. The maximum absolute atomic E-state index is 12.3. The predicted octanol–water partition coefficient (Wildman–Crippen LogP) is 3.03. The SMILES string of the molecule is Cc1ccc(NC(=O)C(C)(C)C)cc1NC(=O)C1CCC1C(=O)O. The number of carbonyl (C=O) groups excluding carboxylic acids is 2. The van der Waals surface area contributed by atoms with E-state index in [0.29, 0.717) is 24.2 Å². The number of hydrogen-bond acceptors (Lipinski definition) is 3. The molecule has 2 amide bonds. The summed E-state index contributed by atoms with van der Waals surface area (Å²) < 4.78 is 0. The van der Waals surface area contributed by atoms with Gasteiger partial charge in [0.1, 0.15) is 0 Å². The smallest absolute Gasteiger partial charge is 0.307 e. The lowest BCUT2D eigenvalue weighted by Gasteiger charge is -2.32. The van der Waals surface area contributed by atoms with Crippen molar-refractivity contribution in [2.24, 2.45) is 17.3 Å². The van der Waals surface area contributed by atoms with Gasteiger partial charge in [-0.05, 0) is 37.5 Å². The second-order valence-electron chi connectivity index (χ2n) is 7.35. The summed E-state index contributed by atoms with van der Waals surface area (Å²) >= 11 is 0. The Bertz CT molecular complexity index is 676. The average molecular weight is 332 g/mol. The summed E-state index contributed by atoms with van der Waals surface area (Å²) in [5.41, 5.74) is 1.51. The fourth-order valence-electron chi connectivity index (χ4n) is 2.49. The molecular formula is C18H24N2O4. The van der Waals surface area contributed by atoms with Crippen LogP contribution in [0.5, 0.6) is 0 Å². The van der Waals surface area contributed by atoms with Gasteiger partial charge in [-0.25, -0.2) is 0 Å². The number of carboxylic acid groups (broad SMARTS) is 1. The van der Waals surface area contributed by atoms with Crippen LogP contribution in [0.25, 0.3) is 0 Å². The first-order valence-corrected chi connectivity index (χ1v) is 8.05. The van der Waals surface area contributed by atoms with Gasteiger partial charge in [-0.3, -0.25) is 14.4 Å². The van der Waals surface area contributed by atoms with Crippen LogP contribution < -0.4 is 10.6 Å². The van der Waals surface area contributed by atoms with Gasteiger partial charge in [0.25, 0.3) is 0 Å². The van der Waals surface area contributed by atoms with E-state index in [2.05, 4.69) is 10.6 Å². The first kappa shape index (κ1) is 18.0. The minimum atomic E-state index is -0.927. The van der Waals surface area contributed by atoms with E-state index in [-0.39, 0.29) is 11.8 Å². The molecule has 0 aliphatic heterocycles. The van der Waals surface area contributed by atoms with Gasteiger partial charge < -0.3 is 15.7 Å². The zero-order valence-electron chi connectivity index (χ0n) is 14.5. The number of aliphatic carboxylic acids is 1. The molecule has 1 aliphatic carbocycles. The lowest BCUT2D eigenvalue weighted by atomic mass is 9.73. The molecule has 1 saturated carbocycles. The standard InChI is InChI=1S/C18H24N2O4/c1-10-5-6-11(19-17(24)18(2,3)4)9-14(10)20-15(21)12-7-8-13(12)16(22)23/h5-6,9,12-13H,7-8H2,1-4H3,(H,19,24)(H,20,21)(H,22,23). The molecule has 2 atom stereocenters. The van der Waals surface area contributed by atoms with E-state index in [1.807, 2.05) is 33.8 Å². The number of nitrogens with one attached hydrogen (secondary N) is 2. The molecule has 0 saturated heterocycles. The molecule has 1 aromatic rings. The first-order chi connectivity index (χ1) is 11.1. The van der Waals surface area contributed by atoms with Crippen molar-refractivity contribution in [2.75, 3.05) is 10.6 Å². The molecule has 130 valence electrons. The van der Waals surface area contributed by atoms with Gasteiger partial charge >= 0.3 is 5.97 Å². The summed E-state index contributed by atoms with van der Waals surface area (Å²) in [5, 5.41) is 14.7. The molecule has 24 heavy (non-hydrogen) atoms. The highest BCUT2D eigenvalue weighted by molar-refractivity contribution is 5.98. The van der Waals surface area contributed by atoms with Gasteiger partial charge in [-0.1, -0.05) is 26.8 Å². The largest absolute Gasteiger partial charge is 0.481 e. The van der Waals surface area contributed by atoms with Crippen LogP contribution in [-0.2, 0) is 14.4 Å². The Labute approximate surface area is 141 Å². The highest BCUT2D eigenvalue weighted by Gasteiger charge is 2.41. The summed E-state index contributed by atoms with van der Waals surface area (Å²) in [5.74, 6) is -2.42. The van der Waals surface area contributed by atoms with Crippen LogP contribution in [0.4, 0.5) is 11.4 Å². The van der Waals surface area contributed by atoms with Crippen molar-refractivity contribution in [3.8, 4) is 0 Å². The molecule has 1 fully saturated rings. The zero-order valence-corrected chi connectivity index (χ0v) is 14.5. The van der Waals surface area contributed by atoms with Crippen molar-refractivity contribution in [2.45, 2.75) is 40.5 Å². The molecule has 2 rings (SSSR count). The van der Waals surface area contributed by atoms with Crippen molar-refractivity contribution in [3.63, 3.8) is 0 Å². The number of hydrogen-bond donors (Lipinski definition) is 3. The van der Waals surface area contributed by atoms with E-state index < -0.39 is 23.2 Å². The summed E-state index contributed by atoms with van der Waals surface area (Å²) in [6, 6.07) is 5.28. The normalized spacial score (nSPS) is 20.0. The number of amides is 2. The minimum absolute atomic E-state index is 0.117. The van der Waals surface area contributed by atoms with E-state index in [9.17, 15) is 14.4 Å². The van der Waals surface area contributed by atoms with Gasteiger partial charge in [-0.15, -0.1) is 0 Å². The molecule has 1 aliphatic rings. The van der Waals surface area contributed by atoms with Gasteiger partial charge in [0.05, 0.1) is 11.8 Å². The van der Waals surface area contributed by atoms with Crippen molar-refractivity contribution >= 4 is 29.2 Å². The number of rotatable bonds is 4. The molecule has 6 heteroatoms. The van der Waals surface area contributed by atoms with Crippen LogP contribution >= 0.6 is 0 Å². The van der Waals surface area contributed by atoms with Gasteiger partial charge in [0.2, 0.25) is 11.8 Å². The van der Waals surface area contributed by atoms with E-state index in [4.69, 9.17) is 5.11 Å². The van der Waals surface area contributed by atoms with E-state index in [0.717, 1.165) is 5.56 Å². The van der Waals surface area contributed by atoms with Crippen molar-refractivity contribution in [1.29, 1.82) is 0 Å². The number of carbonyl (C=O) groups is 3. The third kappa shape index (κ3) is 3.93. The molecule has 6 nitrogen and oxygen atoms in total. The predicted molar refractivity (Wildman–Crippen MR) is 91.7 cm³/mol. The van der Waals surface area contributed by atoms with Crippen LogP contribution in [0.1, 0.15) is 39.2 Å². The molecule has 0 aromatic heterocycles. The van der Waals surface area contributed by atoms with E-state index in [1.54, 1.807) is 12.1 Å². The zero-order chi connectivity index (χ0) is 18.1. The Balaban J connectivity index is 2.10. The van der Waals surface area contributed by atoms with Crippen LogP contribution in [0.15, 0.2) is 18.2 Å². The lowest BCUT2D eigenvalue weighted by Crippen LogP contribution is -2.41. The molecule has 0 heterocycles. The van der Waals surface area contributed by atoms with Crippen molar-refractivity contribution in [3.05, 3.63) is 23.8 Å². The van der Waals surface area contributed by atoms with Crippen LogP contribution in [0, 0.1) is 24.2 Å². The van der Waals surface area contributed by atoms with Crippen molar-refractivity contribution < 1.29 is 19.5 Å². The lowest BCUT2D eigenvalue weighted by molar-refractivity contribution is -0.151. The Kier molecular flexibility index (Phi) is 4.96. The molecule has 0 radical (unpaired) electrons. The average Bonchev–Trinajstić information content (AvgIpc) is 2.39. The summed E-state index contributed by atoms with van der Waals surface area (Å²) in [7, 11) is 0. The quantitative estimate of drug-likeness (QED) is 0.789. The van der Waals surface area contributed by atoms with Crippen LogP contribution in [-0.4, -0.2) is 22.9 Å². The van der Waals surface area contributed by atoms with Gasteiger partial charge in [0, 0.05) is 16.8 Å².